The molecule has 2 aromatic rings. The van der Waals surface area contributed by atoms with Gasteiger partial charge in [-0.3, -0.25) is 9.88 Å². The molecule has 1 saturated carbocycles. The van der Waals surface area contributed by atoms with Crippen LogP contribution in [-0.4, -0.2) is 64.8 Å². The zero-order valence-corrected chi connectivity index (χ0v) is 14.3. The van der Waals surface area contributed by atoms with E-state index in [1.165, 1.54) is 7.11 Å². The third-order valence-corrected chi connectivity index (χ3v) is 5.09. The van der Waals surface area contributed by atoms with Gasteiger partial charge in [-0.25, -0.2) is 4.79 Å². The molecule has 1 saturated heterocycles. The van der Waals surface area contributed by atoms with Crippen LogP contribution in [0.4, 0.5) is 4.79 Å². The molecule has 8 heteroatoms. The minimum Gasteiger partial charge on any atom is -0.453 e. The SMILES string of the molecule is COC(=O)N1C[C@@H]2C(CN(C)Cc3nc(-c4ccccn4)no3)[C@@H]2C1. The molecule has 2 aliphatic rings. The van der Waals surface area contributed by atoms with Crippen molar-refractivity contribution in [3.8, 4) is 11.5 Å². The molecule has 0 bridgehead atoms. The van der Waals surface area contributed by atoms with Crippen molar-refractivity contribution in [2.24, 2.45) is 17.8 Å². The number of fused-ring (bicyclic) bond motifs is 1. The highest BCUT2D eigenvalue weighted by atomic mass is 16.5. The largest absolute Gasteiger partial charge is 0.453 e. The second-order valence-electron chi connectivity index (χ2n) is 6.79. The zero-order chi connectivity index (χ0) is 17.4. The van der Waals surface area contributed by atoms with Crippen LogP contribution in [0, 0.1) is 17.8 Å². The van der Waals surface area contributed by atoms with E-state index in [1.807, 2.05) is 18.2 Å². The van der Waals surface area contributed by atoms with E-state index in [2.05, 4.69) is 27.1 Å². The van der Waals surface area contributed by atoms with Crippen molar-refractivity contribution in [1.82, 2.24) is 24.9 Å². The maximum atomic E-state index is 11.5. The van der Waals surface area contributed by atoms with Crippen molar-refractivity contribution in [3.05, 3.63) is 30.3 Å². The standard InChI is InChI=1S/C17H21N5O3/c1-21(7-11-12-8-22(9-13(11)12)17(23)24-2)10-15-19-16(20-25-15)14-5-3-4-6-18-14/h3-6,11-13H,7-10H2,1-2H3/t11?,12-,13+. The minimum absolute atomic E-state index is 0.216. The Balaban J connectivity index is 1.28. The fourth-order valence-electron chi connectivity index (χ4n) is 3.77. The third-order valence-electron chi connectivity index (χ3n) is 5.09. The number of piperidine rings is 1. The lowest BCUT2D eigenvalue weighted by Crippen LogP contribution is -2.33. The van der Waals surface area contributed by atoms with E-state index in [9.17, 15) is 4.79 Å². The summed E-state index contributed by atoms with van der Waals surface area (Å²) in [4.78, 5) is 24.2. The number of ether oxygens (including phenoxy) is 1. The van der Waals surface area contributed by atoms with Gasteiger partial charge in [0.15, 0.2) is 0 Å². The van der Waals surface area contributed by atoms with Gasteiger partial charge in [0.2, 0.25) is 11.7 Å². The first-order chi connectivity index (χ1) is 12.2. The molecule has 4 rings (SSSR count). The van der Waals surface area contributed by atoms with Crippen LogP contribution < -0.4 is 0 Å². The molecule has 0 N–H and O–H groups in total. The highest BCUT2D eigenvalue weighted by molar-refractivity contribution is 5.68. The second kappa shape index (κ2) is 6.44. The van der Waals surface area contributed by atoms with Crippen molar-refractivity contribution >= 4 is 6.09 Å². The molecule has 1 aliphatic heterocycles. The van der Waals surface area contributed by atoms with Crippen LogP contribution in [0.1, 0.15) is 5.89 Å². The fourth-order valence-corrected chi connectivity index (χ4v) is 3.77. The minimum atomic E-state index is -0.216. The molecule has 2 aromatic heterocycles. The Morgan fingerprint density at radius 2 is 2.20 bits per heavy atom. The molecule has 132 valence electrons. The van der Waals surface area contributed by atoms with Gasteiger partial charge in [0.05, 0.1) is 13.7 Å². The topological polar surface area (TPSA) is 84.6 Å². The lowest BCUT2D eigenvalue weighted by molar-refractivity contribution is 0.125. The van der Waals surface area contributed by atoms with Crippen LogP contribution in [0.3, 0.4) is 0 Å². The normalized spacial score (nSPS) is 24.4. The van der Waals surface area contributed by atoms with Gasteiger partial charge in [0.25, 0.3) is 0 Å². The van der Waals surface area contributed by atoms with Gasteiger partial charge in [-0.2, -0.15) is 4.98 Å². The van der Waals surface area contributed by atoms with E-state index in [0.29, 0.717) is 41.7 Å². The molecular weight excluding hydrogens is 322 g/mol. The molecule has 1 amide bonds. The van der Waals surface area contributed by atoms with Gasteiger partial charge in [-0.05, 0) is 36.9 Å². The summed E-state index contributed by atoms with van der Waals surface area (Å²) in [6.07, 6.45) is 1.49. The summed E-state index contributed by atoms with van der Waals surface area (Å²) in [6.45, 7) is 3.18. The molecule has 3 heterocycles. The summed E-state index contributed by atoms with van der Waals surface area (Å²) >= 11 is 0. The summed E-state index contributed by atoms with van der Waals surface area (Å²) < 4.78 is 10.1. The highest BCUT2D eigenvalue weighted by Crippen LogP contribution is 2.52. The molecule has 1 aliphatic carbocycles. The number of hydrogen-bond acceptors (Lipinski definition) is 7. The number of amides is 1. The van der Waals surface area contributed by atoms with Crippen LogP contribution >= 0.6 is 0 Å². The van der Waals surface area contributed by atoms with Gasteiger partial charge < -0.3 is 14.2 Å². The van der Waals surface area contributed by atoms with Gasteiger partial charge in [0, 0.05) is 25.8 Å². The van der Waals surface area contributed by atoms with E-state index in [4.69, 9.17) is 9.26 Å². The Morgan fingerprint density at radius 1 is 1.40 bits per heavy atom. The quantitative estimate of drug-likeness (QED) is 0.813. The molecule has 3 atom stereocenters. The van der Waals surface area contributed by atoms with Crippen LogP contribution in [0.25, 0.3) is 11.5 Å². The van der Waals surface area contributed by atoms with Crippen molar-refractivity contribution < 1.29 is 14.1 Å². The number of carbonyl (C=O) groups excluding carboxylic acids is 1. The van der Waals surface area contributed by atoms with Crippen molar-refractivity contribution in [2.45, 2.75) is 6.54 Å². The van der Waals surface area contributed by atoms with Crippen molar-refractivity contribution in [2.75, 3.05) is 33.8 Å². The van der Waals surface area contributed by atoms with Crippen LogP contribution in [0.5, 0.6) is 0 Å². The number of hydrogen-bond donors (Lipinski definition) is 0. The molecule has 8 nitrogen and oxygen atoms in total. The average Bonchev–Trinajstić information content (AvgIpc) is 3.03. The molecule has 25 heavy (non-hydrogen) atoms. The number of likely N-dealkylation sites (tertiary alicyclic amines) is 1. The summed E-state index contributed by atoms with van der Waals surface area (Å²) in [6, 6.07) is 5.61. The van der Waals surface area contributed by atoms with E-state index < -0.39 is 0 Å². The van der Waals surface area contributed by atoms with E-state index >= 15 is 0 Å². The van der Waals surface area contributed by atoms with E-state index in [0.717, 1.165) is 19.6 Å². The first-order valence-corrected chi connectivity index (χ1v) is 8.41. The van der Waals surface area contributed by atoms with Crippen molar-refractivity contribution in [3.63, 3.8) is 0 Å². The van der Waals surface area contributed by atoms with Crippen LogP contribution in [-0.2, 0) is 11.3 Å². The van der Waals surface area contributed by atoms with E-state index in [1.54, 1.807) is 11.1 Å². The monoisotopic (exact) mass is 343 g/mol. The Morgan fingerprint density at radius 3 is 2.88 bits per heavy atom. The average molecular weight is 343 g/mol. The lowest BCUT2D eigenvalue weighted by atomic mass is 10.2. The molecule has 0 spiro atoms. The first-order valence-electron chi connectivity index (χ1n) is 8.41. The molecule has 0 radical (unpaired) electrons. The third kappa shape index (κ3) is 3.21. The smallest absolute Gasteiger partial charge is 0.409 e. The van der Waals surface area contributed by atoms with Gasteiger partial charge in [-0.15, -0.1) is 0 Å². The molecule has 2 fully saturated rings. The van der Waals surface area contributed by atoms with Gasteiger partial charge in [0.1, 0.15) is 5.69 Å². The number of pyridine rings is 1. The number of nitrogens with zero attached hydrogens (tertiary/aromatic N) is 5. The van der Waals surface area contributed by atoms with Crippen LogP contribution in [0.2, 0.25) is 0 Å². The van der Waals surface area contributed by atoms with E-state index in [-0.39, 0.29) is 6.09 Å². The summed E-state index contributed by atoms with van der Waals surface area (Å²) in [7, 11) is 3.48. The van der Waals surface area contributed by atoms with Crippen molar-refractivity contribution in [1.29, 1.82) is 0 Å². The lowest BCUT2D eigenvalue weighted by Gasteiger charge is -2.20. The molecular formula is C17H21N5O3. The first kappa shape index (κ1) is 16.0. The maximum absolute atomic E-state index is 11.5. The van der Waals surface area contributed by atoms with Gasteiger partial charge in [-0.1, -0.05) is 11.2 Å². The number of aromatic nitrogens is 3. The molecule has 0 aromatic carbocycles. The predicted molar refractivity (Wildman–Crippen MR) is 88.3 cm³/mol. The zero-order valence-electron chi connectivity index (χ0n) is 14.3. The fraction of sp³-hybridized carbons (Fsp3) is 0.529. The Labute approximate surface area is 145 Å². The summed E-state index contributed by atoms with van der Waals surface area (Å²) in [5.41, 5.74) is 0.708. The highest BCUT2D eigenvalue weighted by Gasteiger charge is 2.56. The number of carbonyl (C=O) groups is 1. The van der Waals surface area contributed by atoms with Crippen LogP contribution in [0.15, 0.2) is 28.9 Å². The predicted octanol–water partition coefficient (Wildman–Crippen LogP) is 1.51. The van der Waals surface area contributed by atoms with Gasteiger partial charge >= 0.3 is 6.09 Å². The Bertz CT molecular complexity index is 738. The summed E-state index contributed by atoms with van der Waals surface area (Å²) in [5.74, 6) is 2.91. The Kier molecular flexibility index (Phi) is 4.12. The molecule has 1 unspecified atom stereocenters. The number of methoxy groups -OCH3 is 1. The summed E-state index contributed by atoms with van der Waals surface area (Å²) in [5, 5.41) is 4.00. The Hall–Kier alpha value is -2.48. The number of rotatable bonds is 5. The second-order valence-corrected chi connectivity index (χ2v) is 6.79. The maximum Gasteiger partial charge on any atom is 0.409 e.